The minimum absolute atomic E-state index is 0.118. The van der Waals surface area contributed by atoms with Crippen LogP contribution in [0.3, 0.4) is 0 Å². The fourth-order valence-corrected chi connectivity index (χ4v) is 4.38. The van der Waals surface area contributed by atoms with E-state index in [1.165, 1.54) is 11.1 Å². The highest BCUT2D eigenvalue weighted by Crippen LogP contribution is 2.25. The summed E-state index contributed by atoms with van der Waals surface area (Å²) in [6.45, 7) is 4.13. The Labute approximate surface area is 103 Å². The second-order valence-electron chi connectivity index (χ2n) is 5.30. The molecule has 4 heteroatoms. The van der Waals surface area contributed by atoms with Crippen LogP contribution in [0, 0.1) is 13.8 Å². The summed E-state index contributed by atoms with van der Waals surface area (Å²) in [7, 11) is -2.92. The average molecular weight is 253 g/mol. The van der Waals surface area contributed by atoms with Gasteiger partial charge in [0.05, 0.1) is 11.5 Å². The molecule has 0 aromatic heterocycles. The zero-order chi connectivity index (χ0) is 12.7. The van der Waals surface area contributed by atoms with Crippen LogP contribution < -0.4 is 5.73 Å². The van der Waals surface area contributed by atoms with E-state index in [0.29, 0.717) is 12.8 Å². The zero-order valence-electron chi connectivity index (χ0n) is 10.4. The number of hydrogen-bond acceptors (Lipinski definition) is 3. The van der Waals surface area contributed by atoms with Crippen LogP contribution in [0.2, 0.25) is 0 Å². The monoisotopic (exact) mass is 253 g/mol. The minimum atomic E-state index is -2.92. The summed E-state index contributed by atoms with van der Waals surface area (Å²) in [5.74, 6) is 0.348. The van der Waals surface area contributed by atoms with Crippen molar-refractivity contribution in [2.45, 2.75) is 32.2 Å². The summed E-state index contributed by atoms with van der Waals surface area (Å²) in [5, 5.41) is 0. The number of sulfone groups is 1. The van der Waals surface area contributed by atoms with Gasteiger partial charge in [-0.05, 0) is 43.4 Å². The summed E-state index contributed by atoms with van der Waals surface area (Å²) >= 11 is 0. The third-order valence-corrected chi connectivity index (χ3v) is 5.39. The van der Waals surface area contributed by atoms with E-state index in [2.05, 4.69) is 26.0 Å². The van der Waals surface area contributed by atoms with Gasteiger partial charge in [0.1, 0.15) is 0 Å². The molecule has 94 valence electrons. The fraction of sp³-hybridized carbons (Fsp3) is 0.538. The first-order chi connectivity index (χ1) is 7.80. The Hall–Kier alpha value is -0.870. The average Bonchev–Trinajstić information content (AvgIpc) is 2.47. The van der Waals surface area contributed by atoms with Gasteiger partial charge in [0.2, 0.25) is 0 Å². The van der Waals surface area contributed by atoms with Gasteiger partial charge in [0.15, 0.2) is 9.84 Å². The maximum absolute atomic E-state index is 11.5. The first kappa shape index (κ1) is 12.6. The predicted molar refractivity (Wildman–Crippen MR) is 69.8 cm³/mol. The molecule has 2 rings (SSSR count). The molecule has 0 amide bonds. The topological polar surface area (TPSA) is 60.2 Å². The lowest BCUT2D eigenvalue weighted by molar-refractivity contribution is 0.476. The molecule has 1 aromatic carbocycles. The molecule has 17 heavy (non-hydrogen) atoms. The smallest absolute Gasteiger partial charge is 0.152 e. The Morgan fingerprint density at radius 1 is 1.29 bits per heavy atom. The molecule has 3 nitrogen and oxygen atoms in total. The van der Waals surface area contributed by atoms with E-state index in [4.69, 9.17) is 5.73 Å². The molecule has 1 saturated heterocycles. The van der Waals surface area contributed by atoms with Gasteiger partial charge in [0, 0.05) is 5.54 Å². The first-order valence-corrected chi connectivity index (χ1v) is 7.67. The standard InChI is InChI=1S/C13H19NO2S/c1-10-3-4-12(7-11(10)2)8-13(14)5-6-17(15,16)9-13/h3-4,7H,5-6,8-9,14H2,1-2H3. The maximum Gasteiger partial charge on any atom is 0.152 e. The van der Waals surface area contributed by atoms with Crippen molar-refractivity contribution in [3.05, 3.63) is 34.9 Å². The Morgan fingerprint density at radius 2 is 2.00 bits per heavy atom. The van der Waals surface area contributed by atoms with Crippen molar-refractivity contribution in [3.8, 4) is 0 Å². The summed E-state index contributed by atoms with van der Waals surface area (Å²) in [6.07, 6.45) is 1.22. The highest BCUT2D eigenvalue weighted by molar-refractivity contribution is 7.91. The molecule has 1 aromatic rings. The van der Waals surface area contributed by atoms with Gasteiger partial charge in [-0.1, -0.05) is 18.2 Å². The Kier molecular flexibility index (Phi) is 3.04. The quantitative estimate of drug-likeness (QED) is 0.865. The second kappa shape index (κ2) is 4.10. The SMILES string of the molecule is Cc1ccc(CC2(N)CCS(=O)(=O)C2)cc1C. The van der Waals surface area contributed by atoms with Crippen molar-refractivity contribution in [3.63, 3.8) is 0 Å². The lowest BCUT2D eigenvalue weighted by Gasteiger charge is -2.22. The molecule has 1 aliphatic rings. The van der Waals surface area contributed by atoms with Gasteiger partial charge in [0.25, 0.3) is 0 Å². The molecule has 1 aliphatic heterocycles. The van der Waals surface area contributed by atoms with Gasteiger partial charge >= 0.3 is 0 Å². The molecule has 1 unspecified atom stereocenters. The van der Waals surface area contributed by atoms with Gasteiger partial charge in [-0.2, -0.15) is 0 Å². The highest BCUT2D eigenvalue weighted by Gasteiger charge is 2.38. The Bertz CT molecular complexity index is 536. The van der Waals surface area contributed by atoms with Crippen LogP contribution in [0.15, 0.2) is 18.2 Å². The Balaban J connectivity index is 2.19. The van der Waals surface area contributed by atoms with E-state index in [1.54, 1.807) is 0 Å². The van der Waals surface area contributed by atoms with Crippen molar-refractivity contribution in [1.29, 1.82) is 0 Å². The molecule has 1 fully saturated rings. The molecule has 0 bridgehead atoms. The van der Waals surface area contributed by atoms with Crippen molar-refractivity contribution in [1.82, 2.24) is 0 Å². The van der Waals surface area contributed by atoms with Crippen LogP contribution in [0.5, 0.6) is 0 Å². The van der Waals surface area contributed by atoms with Crippen molar-refractivity contribution < 1.29 is 8.42 Å². The zero-order valence-corrected chi connectivity index (χ0v) is 11.2. The van der Waals surface area contributed by atoms with Crippen LogP contribution >= 0.6 is 0 Å². The number of hydrogen-bond donors (Lipinski definition) is 1. The van der Waals surface area contributed by atoms with Gasteiger partial charge in [-0.3, -0.25) is 0 Å². The largest absolute Gasteiger partial charge is 0.324 e. The van der Waals surface area contributed by atoms with Crippen molar-refractivity contribution >= 4 is 9.84 Å². The van der Waals surface area contributed by atoms with Crippen LogP contribution in [0.4, 0.5) is 0 Å². The third kappa shape index (κ3) is 2.87. The van der Waals surface area contributed by atoms with Crippen LogP contribution in [-0.2, 0) is 16.3 Å². The molecule has 0 saturated carbocycles. The molecule has 1 atom stereocenters. The van der Waals surface area contributed by atoms with Gasteiger partial charge in [-0.15, -0.1) is 0 Å². The highest BCUT2D eigenvalue weighted by atomic mass is 32.2. The summed E-state index contributed by atoms with van der Waals surface area (Å²) in [6, 6.07) is 6.22. The van der Waals surface area contributed by atoms with Gasteiger partial charge in [-0.25, -0.2) is 8.42 Å². The molecular formula is C13H19NO2S. The van der Waals surface area contributed by atoms with Crippen LogP contribution in [-0.4, -0.2) is 25.5 Å². The van der Waals surface area contributed by atoms with E-state index in [1.807, 2.05) is 6.07 Å². The van der Waals surface area contributed by atoms with E-state index in [0.717, 1.165) is 5.56 Å². The van der Waals surface area contributed by atoms with E-state index in [-0.39, 0.29) is 11.5 Å². The van der Waals surface area contributed by atoms with Crippen molar-refractivity contribution in [2.24, 2.45) is 5.73 Å². The number of aryl methyl sites for hydroxylation is 2. The first-order valence-electron chi connectivity index (χ1n) is 5.85. The minimum Gasteiger partial charge on any atom is -0.324 e. The van der Waals surface area contributed by atoms with E-state index in [9.17, 15) is 8.42 Å². The lowest BCUT2D eigenvalue weighted by atomic mass is 9.90. The van der Waals surface area contributed by atoms with Gasteiger partial charge < -0.3 is 5.73 Å². The fourth-order valence-electron chi connectivity index (χ4n) is 2.40. The molecule has 0 radical (unpaired) electrons. The van der Waals surface area contributed by atoms with E-state index < -0.39 is 15.4 Å². The molecule has 0 aliphatic carbocycles. The third-order valence-electron chi connectivity index (χ3n) is 3.55. The normalized spacial score (nSPS) is 27.2. The van der Waals surface area contributed by atoms with Crippen LogP contribution in [0.1, 0.15) is 23.1 Å². The molecule has 0 spiro atoms. The summed E-state index contributed by atoms with van der Waals surface area (Å²) < 4.78 is 23.0. The lowest BCUT2D eigenvalue weighted by Crippen LogP contribution is -2.43. The second-order valence-corrected chi connectivity index (χ2v) is 7.48. The summed E-state index contributed by atoms with van der Waals surface area (Å²) in [4.78, 5) is 0. The number of benzene rings is 1. The summed E-state index contributed by atoms with van der Waals surface area (Å²) in [5.41, 5.74) is 9.22. The molecule has 1 heterocycles. The molecule has 2 N–H and O–H groups in total. The number of nitrogens with two attached hydrogens (primary N) is 1. The maximum atomic E-state index is 11.5. The van der Waals surface area contributed by atoms with Crippen molar-refractivity contribution in [2.75, 3.05) is 11.5 Å². The molecular weight excluding hydrogens is 234 g/mol. The number of rotatable bonds is 2. The Morgan fingerprint density at radius 3 is 2.53 bits per heavy atom. The van der Waals surface area contributed by atoms with E-state index >= 15 is 0 Å². The predicted octanol–water partition coefficient (Wildman–Crippen LogP) is 1.36. The van der Waals surface area contributed by atoms with Crippen LogP contribution in [0.25, 0.3) is 0 Å².